The van der Waals surface area contributed by atoms with Crippen LogP contribution in [0.4, 0.5) is 0 Å². The number of hydrogen-bond donors (Lipinski definition) is 1. The normalized spacial score (nSPS) is 12.8. The standard InChI is InChI=1S/C8H17NO2S/c1-7(6-8(9)12)11-5-3-4-10-2/h7H,3-6H2,1-2H3,(H2,9,12). The van der Waals surface area contributed by atoms with Crippen molar-refractivity contribution in [3.8, 4) is 0 Å². The van der Waals surface area contributed by atoms with Gasteiger partial charge in [-0.25, -0.2) is 0 Å². The van der Waals surface area contributed by atoms with Gasteiger partial charge in [-0.05, 0) is 13.3 Å². The molecule has 0 aromatic carbocycles. The number of rotatable bonds is 7. The molecule has 3 nitrogen and oxygen atoms in total. The molecule has 12 heavy (non-hydrogen) atoms. The van der Waals surface area contributed by atoms with Crippen molar-refractivity contribution in [1.29, 1.82) is 0 Å². The van der Waals surface area contributed by atoms with Crippen LogP contribution in [0.5, 0.6) is 0 Å². The third-order valence-corrected chi connectivity index (χ3v) is 1.55. The van der Waals surface area contributed by atoms with Crippen LogP contribution in [0.1, 0.15) is 19.8 Å². The molecule has 2 N–H and O–H groups in total. The van der Waals surface area contributed by atoms with Gasteiger partial charge in [-0.15, -0.1) is 0 Å². The first-order valence-corrected chi connectivity index (χ1v) is 4.46. The van der Waals surface area contributed by atoms with Gasteiger partial charge in [-0.1, -0.05) is 12.2 Å². The van der Waals surface area contributed by atoms with Crippen molar-refractivity contribution in [1.82, 2.24) is 0 Å². The van der Waals surface area contributed by atoms with Gasteiger partial charge in [0.1, 0.15) is 0 Å². The first kappa shape index (κ1) is 11.8. The van der Waals surface area contributed by atoms with Crippen molar-refractivity contribution in [3.63, 3.8) is 0 Å². The zero-order valence-electron chi connectivity index (χ0n) is 7.71. The maximum Gasteiger partial charge on any atom is 0.0753 e. The molecule has 4 heteroatoms. The Morgan fingerprint density at radius 3 is 2.67 bits per heavy atom. The molecule has 0 aliphatic rings. The summed E-state index contributed by atoms with van der Waals surface area (Å²) in [5.74, 6) is 0. The van der Waals surface area contributed by atoms with E-state index in [-0.39, 0.29) is 6.10 Å². The summed E-state index contributed by atoms with van der Waals surface area (Å²) in [7, 11) is 1.68. The van der Waals surface area contributed by atoms with E-state index in [0.717, 1.165) is 13.0 Å². The Bertz CT molecular complexity index is 130. The molecule has 0 bridgehead atoms. The lowest BCUT2D eigenvalue weighted by molar-refractivity contribution is 0.0547. The molecule has 0 aromatic rings. The second kappa shape index (κ2) is 7.46. The minimum Gasteiger partial charge on any atom is -0.393 e. The highest BCUT2D eigenvalue weighted by Gasteiger charge is 2.02. The fourth-order valence-electron chi connectivity index (χ4n) is 0.830. The highest BCUT2D eigenvalue weighted by Crippen LogP contribution is 1.98. The third-order valence-electron chi connectivity index (χ3n) is 1.38. The Balaban J connectivity index is 3.19. The Labute approximate surface area is 79.2 Å². The number of methoxy groups -OCH3 is 1. The van der Waals surface area contributed by atoms with Crippen molar-refractivity contribution >= 4 is 17.2 Å². The lowest BCUT2D eigenvalue weighted by atomic mass is 10.3. The maximum absolute atomic E-state index is 5.41. The summed E-state index contributed by atoms with van der Waals surface area (Å²) in [5.41, 5.74) is 5.35. The zero-order valence-corrected chi connectivity index (χ0v) is 8.52. The van der Waals surface area contributed by atoms with Crippen LogP contribution in [0.2, 0.25) is 0 Å². The SMILES string of the molecule is COCCCOC(C)CC(N)=S. The van der Waals surface area contributed by atoms with Gasteiger partial charge in [0.15, 0.2) is 0 Å². The van der Waals surface area contributed by atoms with Gasteiger partial charge in [0.2, 0.25) is 0 Å². The summed E-state index contributed by atoms with van der Waals surface area (Å²) in [6, 6.07) is 0. The molecule has 0 fully saturated rings. The van der Waals surface area contributed by atoms with Crippen LogP contribution >= 0.6 is 12.2 Å². The van der Waals surface area contributed by atoms with Gasteiger partial charge in [0.25, 0.3) is 0 Å². The van der Waals surface area contributed by atoms with Crippen LogP contribution < -0.4 is 5.73 Å². The molecule has 0 saturated heterocycles. The molecule has 0 aliphatic carbocycles. The van der Waals surface area contributed by atoms with E-state index in [4.69, 9.17) is 27.4 Å². The molecular formula is C8H17NO2S. The molecule has 0 aromatic heterocycles. The van der Waals surface area contributed by atoms with Crippen LogP contribution in [0.15, 0.2) is 0 Å². The van der Waals surface area contributed by atoms with E-state index < -0.39 is 0 Å². The molecule has 1 atom stereocenters. The van der Waals surface area contributed by atoms with Gasteiger partial charge in [-0.2, -0.15) is 0 Å². The predicted octanol–water partition coefficient (Wildman–Crippen LogP) is 1.10. The first-order valence-electron chi connectivity index (χ1n) is 4.05. The second-order valence-electron chi connectivity index (χ2n) is 2.70. The summed E-state index contributed by atoms with van der Waals surface area (Å²) in [5, 5.41) is 0. The fraction of sp³-hybridized carbons (Fsp3) is 0.875. The molecule has 0 amide bonds. The predicted molar refractivity (Wildman–Crippen MR) is 53.3 cm³/mol. The van der Waals surface area contributed by atoms with Crippen molar-refractivity contribution < 1.29 is 9.47 Å². The smallest absolute Gasteiger partial charge is 0.0753 e. The number of thiocarbonyl (C=S) groups is 1. The van der Waals surface area contributed by atoms with E-state index in [1.165, 1.54) is 0 Å². The third kappa shape index (κ3) is 7.91. The molecule has 0 aliphatic heterocycles. The molecular weight excluding hydrogens is 174 g/mol. The van der Waals surface area contributed by atoms with E-state index in [9.17, 15) is 0 Å². The Morgan fingerprint density at radius 1 is 1.50 bits per heavy atom. The monoisotopic (exact) mass is 191 g/mol. The zero-order chi connectivity index (χ0) is 9.40. The van der Waals surface area contributed by atoms with E-state index in [1.807, 2.05) is 6.92 Å². The van der Waals surface area contributed by atoms with Crippen LogP contribution in [0.3, 0.4) is 0 Å². The maximum atomic E-state index is 5.41. The van der Waals surface area contributed by atoms with Crippen molar-refractivity contribution in [2.75, 3.05) is 20.3 Å². The van der Waals surface area contributed by atoms with E-state index in [1.54, 1.807) is 7.11 Å². The van der Waals surface area contributed by atoms with Gasteiger partial charge in [-0.3, -0.25) is 0 Å². The van der Waals surface area contributed by atoms with Gasteiger partial charge in [0.05, 0.1) is 11.1 Å². The summed E-state index contributed by atoms with van der Waals surface area (Å²) in [6.07, 6.45) is 1.69. The molecule has 0 saturated carbocycles. The number of nitrogens with two attached hydrogens (primary N) is 1. The summed E-state index contributed by atoms with van der Waals surface area (Å²) in [6.45, 7) is 3.41. The Hall–Kier alpha value is -0.190. The lowest BCUT2D eigenvalue weighted by Gasteiger charge is -2.11. The lowest BCUT2D eigenvalue weighted by Crippen LogP contribution is -2.19. The molecule has 0 radical (unpaired) electrons. The topological polar surface area (TPSA) is 44.5 Å². The molecule has 0 rings (SSSR count). The fourth-order valence-corrected chi connectivity index (χ4v) is 1.06. The summed E-state index contributed by atoms with van der Waals surface area (Å²) >= 11 is 4.75. The molecule has 0 heterocycles. The van der Waals surface area contributed by atoms with E-state index in [0.29, 0.717) is 18.0 Å². The van der Waals surface area contributed by atoms with Crippen LogP contribution in [0.25, 0.3) is 0 Å². The summed E-state index contributed by atoms with van der Waals surface area (Å²) in [4.78, 5) is 0.509. The second-order valence-corrected chi connectivity index (χ2v) is 3.22. The van der Waals surface area contributed by atoms with Crippen LogP contribution in [-0.2, 0) is 9.47 Å². The minimum atomic E-state index is 0.124. The number of hydrogen-bond acceptors (Lipinski definition) is 3. The Kier molecular flexibility index (Phi) is 7.34. The van der Waals surface area contributed by atoms with Crippen molar-refractivity contribution in [2.45, 2.75) is 25.9 Å². The van der Waals surface area contributed by atoms with Gasteiger partial charge >= 0.3 is 0 Å². The van der Waals surface area contributed by atoms with Gasteiger partial charge < -0.3 is 15.2 Å². The number of ether oxygens (including phenoxy) is 2. The largest absolute Gasteiger partial charge is 0.393 e. The average Bonchev–Trinajstić information content (AvgIpc) is 1.97. The average molecular weight is 191 g/mol. The molecule has 1 unspecified atom stereocenters. The minimum absolute atomic E-state index is 0.124. The van der Waals surface area contributed by atoms with E-state index >= 15 is 0 Å². The highest BCUT2D eigenvalue weighted by molar-refractivity contribution is 7.80. The highest BCUT2D eigenvalue weighted by atomic mass is 32.1. The molecule has 0 spiro atoms. The van der Waals surface area contributed by atoms with Crippen LogP contribution in [0, 0.1) is 0 Å². The van der Waals surface area contributed by atoms with Crippen molar-refractivity contribution in [2.24, 2.45) is 5.73 Å². The Morgan fingerprint density at radius 2 is 2.17 bits per heavy atom. The van der Waals surface area contributed by atoms with Crippen LogP contribution in [-0.4, -0.2) is 31.4 Å². The van der Waals surface area contributed by atoms with Crippen molar-refractivity contribution in [3.05, 3.63) is 0 Å². The first-order chi connectivity index (χ1) is 5.66. The summed E-state index contributed by atoms with van der Waals surface area (Å²) < 4.78 is 10.3. The van der Waals surface area contributed by atoms with Gasteiger partial charge in [0, 0.05) is 26.7 Å². The molecule has 72 valence electrons. The quantitative estimate of drug-likeness (QED) is 0.483. The van der Waals surface area contributed by atoms with E-state index in [2.05, 4.69) is 0 Å².